The van der Waals surface area contributed by atoms with Crippen molar-refractivity contribution in [3.05, 3.63) is 0 Å². The Kier molecular flexibility index (Phi) is 6.29. The first-order valence-corrected chi connectivity index (χ1v) is 9.10. The zero-order chi connectivity index (χ0) is 18.0. The maximum absolute atomic E-state index is 12.4. The van der Waals surface area contributed by atoms with Gasteiger partial charge in [0, 0.05) is 20.5 Å². The first kappa shape index (κ1) is 19.2. The van der Waals surface area contributed by atoms with Gasteiger partial charge in [-0.3, -0.25) is 9.59 Å². The molecule has 2 aliphatic heterocycles. The standard InChI is InChI=1S/C15H23IN2O6/c1-7(2)6-23-15(21)17-11-12-10(24-8(3)19)5-9(16)14(22-4)18(12)13(11)20/h7,9-12,14H,5-6H2,1-4H3,(H,17,21)/t9-,10-,11+,12-,14+/m1/s1. The molecule has 0 aromatic carbocycles. The van der Waals surface area contributed by atoms with Crippen LogP contribution in [0.5, 0.6) is 0 Å². The van der Waals surface area contributed by atoms with E-state index in [1.807, 2.05) is 13.8 Å². The van der Waals surface area contributed by atoms with E-state index >= 15 is 0 Å². The second-order valence-corrected chi connectivity index (χ2v) is 7.98. The highest BCUT2D eigenvalue weighted by molar-refractivity contribution is 14.1. The maximum atomic E-state index is 12.4. The zero-order valence-corrected chi connectivity index (χ0v) is 16.3. The van der Waals surface area contributed by atoms with Crippen molar-refractivity contribution in [2.45, 2.75) is 55.5 Å². The molecule has 0 spiro atoms. The highest BCUT2D eigenvalue weighted by Crippen LogP contribution is 2.39. The summed E-state index contributed by atoms with van der Waals surface area (Å²) < 4.78 is 15.8. The Morgan fingerprint density at radius 1 is 1.42 bits per heavy atom. The fourth-order valence-electron chi connectivity index (χ4n) is 3.02. The van der Waals surface area contributed by atoms with E-state index in [0.717, 1.165) is 0 Å². The van der Waals surface area contributed by atoms with Crippen molar-refractivity contribution in [1.82, 2.24) is 10.2 Å². The number of hydrogen-bond donors (Lipinski definition) is 1. The number of alkyl halides is 1. The molecule has 0 radical (unpaired) electrons. The normalized spacial score (nSPS) is 32.0. The number of methoxy groups -OCH3 is 1. The zero-order valence-electron chi connectivity index (χ0n) is 14.2. The third kappa shape index (κ3) is 3.93. The van der Waals surface area contributed by atoms with Gasteiger partial charge in [-0.2, -0.15) is 0 Å². The minimum atomic E-state index is -0.768. The molecule has 0 aromatic heterocycles. The average molecular weight is 454 g/mol. The van der Waals surface area contributed by atoms with Crippen molar-refractivity contribution < 1.29 is 28.6 Å². The lowest BCUT2D eigenvalue weighted by Gasteiger charge is -2.56. The summed E-state index contributed by atoms with van der Waals surface area (Å²) in [7, 11) is 1.53. The van der Waals surface area contributed by atoms with Crippen molar-refractivity contribution in [2.75, 3.05) is 13.7 Å². The highest BCUT2D eigenvalue weighted by atomic mass is 127. The van der Waals surface area contributed by atoms with Gasteiger partial charge >= 0.3 is 12.1 Å². The summed E-state index contributed by atoms with van der Waals surface area (Å²) >= 11 is 2.18. The third-order valence-electron chi connectivity index (χ3n) is 3.99. The Morgan fingerprint density at radius 3 is 2.62 bits per heavy atom. The summed E-state index contributed by atoms with van der Waals surface area (Å²) in [5.74, 6) is -0.475. The number of alkyl carbamates (subject to hydrolysis) is 1. The number of β-lactam (4-membered cyclic amide) rings is 1. The van der Waals surface area contributed by atoms with E-state index in [-0.39, 0.29) is 22.4 Å². The van der Waals surface area contributed by atoms with Crippen molar-refractivity contribution in [3.63, 3.8) is 0 Å². The van der Waals surface area contributed by atoms with Crippen LogP contribution in [0.4, 0.5) is 4.79 Å². The largest absolute Gasteiger partial charge is 0.460 e. The minimum absolute atomic E-state index is 0.00834. The number of carbonyl (C=O) groups excluding carboxylic acids is 3. The lowest BCUT2D eigenvalue weighted by atomic mass is 9.83. The Labute approximate surface area is 154 Å². The summed E-state index contributed by atoms with van der Waals surface area (Å²) in [4.78, 5) is 37.2. The van der Waals surface area contributed by atoms with Crippen LogP contribution < -0.4 is 5.32 Å². The van der Waals surface area contributed by atoms with Crippen LogP contribution in [-0.4, -0.2) is 64.9 Å². The molecule has 2 amide bonds. The van der Waals surface area contributed by atoms with E-state index in [1.165, 1.54) is 14.0 Å². The Bertz CT molecular complexity index is 514. The monoisotopic (exact) mass is 454 g/mol. The highest BCUT2D eigenvalue weighted by Gasteiger charge is 2.60. The summed E-state index contributed by atoms with van der Waals surface area (Å²) in [6, 6.07) is -1.21. The molecule has 9 heteroatoms. The quantitative estimate of drug-likeness (QED) is 0.289. The first-order chi connectivity index (χ1) is 11.3. The van der Waals surface area contributed by atoms with Gasteiger partial charge in [-0.05, 0) is 5.92 Å². The molecule has 2 heterocycles. The molecule has 0 unspecified atom stereocenters. The predicted molar refractivity (Wildman–Crippen MR) is 92.5 cm³/mol. The van der Waals surface area contributed by atoms with Gasteiger partial charge in [0.1, 0.15) is 24.4 Å². The second-order valence-electron chi connectivity index (χ2n) is 6.38. The summed E-state index contributed by atoms with van der Waals surface area (Å²) in [5.41, 5.74) is 0. The Morgan fingerprint density at radius 2 is 2.08 bits per heavy atom. The number of fused-ring (bicyclic) bond motifs is 1. The van der Waals surface area contributed by atoms with Gasteiger partial charge in [-0.25, -0.2) is 4.79 Å². The average Bonchev–Trinajstić information content (AvgIpc) is 2.49. The van der Waals surface area contributed by atoms with Crippen molar-refractivity contribution in [2.24, 2.45) is 5.92 Å². The molecule has 1 N–H and O–H groups in total. The smallest absolute Gasteiger partial charge is 0.407 e. The Hall–Kier alpha value is -1.10. The molecule has 0 aliphatic carbocycles. The van der Waals surface area contributed by atoms with Gasteiger partial charge in [-0.15, -0.1) is 0 Å². The van der Waals surface area contributed by atoms with Crippen LogP contribution in [0.15, 0.2) is 0 Å². The number of ether oxygens (including phenoxy) is 3. The van der Waals surface area contributed by atoms with Gasteiger partial charge < -0.3 is 24.4 Å². The summed E-state index contributed by atoms with van der Waals surface area (Å²) in [6.07, 6.45) is -0.982. The first-order valence-electron chi connectivity index (χ1n) is 7.85. The molecule has 0 aromatic rings. The molecule has 2 rings (SSSR count). The molecule has 136 valence electrons. The molecular formula is C15H23IN2O6. The molecule has 5 atom stereocenters. The number of rotatable bonds is 5. The van der Waals surface area contributed by atoms with E-state index in [2.05, 4.69) is 27.9 Å². The number of piperidine rings is 1. The van der Waals surface area contributed by atoms with Gasteiger partial charge in [0.25, 0.3) is 0 Å². The summed E-state index contributed by atoms with van der Waals surface area (Å²) in [6.45, 7) is 5.44. The van der Waals surface area contributed by atoms with E-state index in [1.54, 1.807) is 4.90 Å². The molecule has 0 bridgehead atoms. The molecule has 2 fully saturated rings. The fourth-order valence-corrected chi connectivity index (χ4v) is 4.16. The van der Waals surface area contributed by atoms with E-state index in [9.17, 15) is 14.4 Å². The number of amides is 2. The Balaban J connectivity index is 2.09. The molecule has 2 aliphatic rings. The van der Waals surface area contributed by atoms with Crippen LogP contribution in [0.25, 0.3) is 0 Å². The van der Waals surface area contributed by atoms with Gasteiger partial charge in [-0.1, -0.05) is 36.4 Å². The third-order valence-corrected chi connectivity index (χ3v) is 5.11. The van der Waals surface area contributed by atoms with Crippen LogP contribution in [0.1, 0.15) is 27.2 Å². The number of hydrogen-bond acceptors (Lipinski definition) is 6. The molecular weight excluding hydrogens is 431 g/mol. The second kappa shape index (κ2) is 7.85. The minimum Gasteiger partial charge on any atom is -0.460 e. The molecule has 2 saturated heterocycles. The maximum Gasteiger partial charge on any atom is 0.407 e. The van der Waals surface area contributed by atoms with Crippen molar-refractivity contribution in [1.29, 1.82) is 0 Å². The van der Waals surface area contributed by atoms with E-state index in [4.69, 9.17) is 14.2 Å². The number of carbonyl (C=O) groups is 3. The van der Waals surface area contributed by atoms with E-state index in [0.29, 0.717) is 6.42 Å². The lowest BCUT2D eigenvalue weighted by molar-refractivity contribution is -0.201. The van der Waals surface area contributed by atoms with Gasteiger partial charge in [0.15, 0.2) is 0 Å². The SMILES string of the molecule is CO[C@H]1[C@H](I)C[C@@H](OC(C)=O)[C@@H]2[C@H](NC(=O)OCC(C)C)C(=O)N21. The van der Waals surface area contributed by atoms with Crippen LogP contribution >= 0.6 is 22.6 Å². The van der Waals surface area contributed by atoms with Crippen LogP contribution in [0.2, 0.25) is 0 Å². The van der Waals surface area contributed by atoms with Crippen LogP contribution in [-0.2, 0) is 23.8 Å². The molecule has 0 saturated carbocycles. The lowest BCUT2D eigenvalue weighted by Crippen LogP contribution is -2.80. The van der Waals surface area contributed by atoms with E-state index < -0.39 is 36.5 Å². The predicted octanol–water partition coefficient (Wildman–Crippen LogP) is 1.06. The topological polar surface area (TPSA) is 94.2 Å². The number of halogens is 1. The van der Waals surface area contributed by atoms with Gasteiger partial charge in [0.2, 0.25) is 5.91 Å². The number of nitrogens with one attached hydrogen (secondary N) is 1. The van der Waals surface area contributed by atoms with Crippen molar-refractivity contribution >= 4 is 40.6 Å². The number of esters is 1. The van der Waals surface area contributed by atoms with Crippen LogP contribution in [0, 0.1) is 5.92 Å². The van der Waals surface area contributed by atoms with Gasteiger partial charge in [0.05, 0.1) is 10.5 Å². The summed E-state index contributed by atoms with van der Waals surface area (Å²) in [5, 5.41) is 2.58. The molecule has 8 nitrogen and oxygen atoms in total. The van der Waals surface area contributed by atoms with Crippen LogP contribution in [0.3, 0.4) is 0 Å². The fraction of sp³-hybridized carbons (Fsp3) is 0.800. The number of nitrogens with zero attached hydrogens (tertiary/aromatic N) is 1. The molecule has 24 heavy (non-hydrogen) atoms. The van der Waals surface area contributed by atoms with Crippen molar-refractivity contribution in [3.8, 4) is 0 Å².